The second kappa shape index (κ2) is 9.67. The first-order valence-electron chi connectivity index (χ1n) is 13.6. The molecule has 2 aromatic carbocycles. The Morgan fingerprint density at radius 1 is 1.15 bits per heavy atom. The predicted octanol–water partition coefficient (Wildman–Crippen LogP) is 1.95. The van der Waals surface area contributed by atoms with E-state index < -0.39 is 17.2 Å². The third-order valence-electron chi connectivity index (χ3n) is 9.28. The van der Waals surface area contributed by atoms with Gasteiger partial charge in [0.25, 0.3) is 0 Å². The summed E-state index contributed by atoms with van der Waals surface area (Å²) < 4.78 is 0. The third kappa shape index (κ3) is 4.21. The van der Waals surface area contributed by atoms with Gasteiger partial charge >= 0.3 is 5.69 Å². The number of phenolic OH excluding ortho intramolecular Hbond substituents is 1. The first kappa shape index (κ1) is 25.9. The number of carbonyl (C=O) groups excluding carboxylic acids is 1. The van der Waals surface area contributed by atoms with Crippen molar-refractivity contribution < 1.29 is 20.1 Å². The Kier molecular flexibility index (Phi) is 6.42. The molecule has 4 atom stereocenters. The topological polar surface area (TPSA) is 139 Å². The largest absolute Gasteiger partial charge is 0.507 e. The molecule has 0 radical (unpaired) electrons. The minimum Gasteiger partial charge on any atom is -0.507 e. The number of carbonyl (C=O) groups is 1. The average molecular weight is 531 g/mol. The van der Waals surface area contributed by atoms with Crippen molar-refractivity contribution in [1.82, 2.24) is 20.2 Å². The van der Waals surface area contributed by atoms with Gasteiger partial charge in [-0.3, -0.25) is 10.1 Å². The van der Waals surface area contributed by atoms with E-state index in [1.54, 1.807) is 12.3 Å². The number of phenols is 1. The lowest BCUT2D eigenvalue weighted by atomic mass is 9.49. The molecule has 2 heterocycles. The maximum absolute atomic E-state index is 12.7. The van der Waals surface area contributed by atoms with Gasteiger partial charge in [0.1, 0.15) is 17.8 Å². The van der Waals surface area contributed by atoms with Crippen LogP contribution >= 0.6 is 0 Å². The van der Waals surface area contributed by atoms with Gasteiger partial charge in [-0.2, -0.15) is 0 Å². The molecular weight excluding hydrogens is 496 g/mol. The summed E-state index contributed by atoms with van der Waals surface area (Å²) in [6.45, 7) is 1.21. The van der Waals surface area contributed by atoms with Gasteiger partial charge in [-0.15, -0.1) is 0 Å². The van der Waals surface area contributed by atoms with E-state index in [0.717, 1.165) is 28.8 Å². The number of aromatic amines is 1. The number of aliphatic hydroxyl groups excluding tert-OH is 1. The Morgan fingerprint density at radius 3 is 2.69 bits per heavy atom. The van der Waals surface area contributed by atoms with Crippen LogP contribution in [-0.4, -0.2) is 67.8 Å². The number of aromatic nitrogens is 2. The maximum atomic E-state index is 12.7. The molecule has 5 N–H and O–H groups in total. The smallest absolute Gasteiger partial charge is 0.344 e. The first-order chi connectivity index (χ1) is 18.7. The number of H-pyrrole nitrogens is 1. The Hall–Kier alpha value is -3.37. The number of aromatic hydroxyl groups is 1. The normalized spacial score (nSPS) is 27.1. The van der Waals surface area contributed by atoms with Crippen LogP contribution in [0.2, 0.25) is 0 Å². The number of Topliss-reactive ketones (excluding diaryl/α,β-unsaturated/α-hetero) is 1. The van der Waals surface area contributed by atoms with Crippen LogP contribution in [0, 0.1) is 0 Å². The molecular formula is C30H34N4O5. The fourth-order valence-electron chi connectivity index (χ4n) is 7.19. The summed E-state index contributed by atoms with van der Waals surface area (Å²) in [5.74, 6) is 0.102. The Bertz CT molecular complexity index is 1450. The predicted molar refractivity (Wildman–Crippen MR) is 145 cm³/mol. The molecule has 39 heavy (non-hydrogen) atoms. The Morgan fingerprint density at radius 2 is 1.95 bits per heavy atom. The molecule has 1 unspecified atom stereocenters. The summed E-state index contributed by atoms with van der Waals surface area (Å²) in [5.41, 5.74) is 2.45. The highest BCUT2D eigenvalue weighted by atomic mass is 16.3. The highest BCUT2D eigenvalue weighted by Crippen LogP contribution is 2.59. The molecule has 2 aliphatic carbocycles. The van der Waals surface area contributed by atoms with E-state index in [2.05, 4.69) is 20.2 Å². The van der Waals surface area contributed by atoms with Crippen LogP contribution in [0.3, 0.4) is 0 Å². The molecule has 0 spiro atoms. The molecule has 9 heteroatoms. The molecule has 3 aliphatic rings. The van der Waals surface area contributed by atoms with Gasteiger partial charge < -0.3 is 25.2 Å². The molecule has 1 saturated carbocycles. The Balaban J connectivity index is 1.20. The van der Waals surface area contributed by atoms with Crippen molar-refractivity contribution in [2.45, 2.75) is 61.8 Å². The summed E-state index contributed by atoms with van der Waals surface area (Å²) >= 11 is 0. The summed E-state index contributed by atoms with van der Waals surface area (Å²) in [4.78, 5) is 32.4. The van der Waals surface area contributed by atoms with Crippen molar-refractivity contribution in [2.24, 2.45) is 0 Å². The van der Waals surface area contributed by atoms with Crippen LogP contribution in [0.25, 0.3) is 11.1 Å². The van der Waals surface area contributed by atoms with Crippen molar-refractivity contribution in [3.05, 3.63) is 81.5 Å². The molecule has 204 valence electrons. The van der Waals surface area contributed by atoms with E-state index in [9.17, 15) is 24.9 Å². The van der Waals surface area contributed by atoms with Gasteiger partial charge in [-0.05, 0) is 56.0 Å². The number of aliphatic hydroxyl groups is 2. The number of rotatable bonds is 6. The zero-order chi connectivity index (χ0) is 27.4. The minimum absolute atomic E-state index is 0.0116. The van der Waals surface area contributed by atoms with Crippen LogP contribution in [0.1, 0.15) is 54.2 Å². The summed E-state index contributed by atoms with van der Waals surface area (Å²) in [6, 6.07) is 11.5. The second-order valence-electron chi connectivity index (χ2n) is 11.3. The minimum atomic E-state index is -1.10. The number of nitrogens with one attached hydrogen (secondary N) is 2. The molecule has 1 saturated heterocycles. The number of hydrogen-bond acceptors (Lipinski definition) is 8. The van der Waals surface area contributed by atoms with Crippen molar-refractivity contribution in [1.29, 1.82) is 0 Å². The van der Waals surface area contributed by atoms with Crippen molar-refractivity contribution in [3.8, 4) is 16.9 Å². The van der Waals surface area contributed by atoms with Crippen molar-refractivity contribution >= 4 is 5.78 Å². The van der Waals surface area contributed by atoms with Gasteiger partial charge in [0.05, 0.1) is 5.60 Å². The van der Waals surface area contributed by atoms with Crippen LogP contribution in [0.5, 0.6) is 5.75 Å². The van der Waals surface area contributed by atoms with E-state index in [4.69, 9.17) is 0 Å². The highest BCUT2D eigenvalue weighted by Gasteiger charge is 2.65. The van der Waals surface area contributed by atoms with Gasteiger partial charge in [0, 0.05) is 59.9 Å². The fraction of sp³-hybridized carbons (Fsp3) is 0.433. The number of likely N-dealkylation sites (N-methyl/N-ethyl adjacent to an activating group) is 1. The lowest BCUT2D eigenvalue weighted by Gasteiger charge is -2.62. The molecule has 6 rings (SSSR count). The first-order valence-corrected chi connectivity index (χ1v) is 13.6. The number of fused-ring (bicyclic) bond motifs is 1. The fourth-order valence-corrected chi connectivity index (χ4v) is 7.19. The van der Waals surface area contributed by atoms with Crippen molar-refractivity contribution in [3.63, 3.8) is 0 Å². The summed E-state index contributed by atoms with van der Waals surface area (Å²) in [7, 11) is 2.02. The number of ketones is 1. The zero-order valence-corrected chi connectivity index (χ0v) is 22.0. The van der Waals surface area contributed by atoms with Gasteiger partial charge in [0.2, 0.25) is 0 Å². The molecule has 0 amide bonds. The quantitative estimate of drug-likeness (QED) is 0.305. The number of nitrogens with zero attached hydrogens (tertiary/aromatic N) is 2. The molecule has 2 fully saturated rings. The SMILES string of the molecule is CN1CC[C@]23CC(=O)CC[C@@]2(O)[C@H]1Cc1ccc(C(O)NCCc2ccc(-c4cnc(=O)[nH]c4)cc2)c(O)c13. The van der Waals surface area contributed by atoms with Crippen LogP contribution in [0.4, 0.5) is 0 Å². The van der Waals surface area contributed by atoms with Crippen molar-refractivity contribution in [2.75, 3.05) is 20.1 Å². The van der Waals surface area contributed by atoms with Gasteiger partial charge in [-0.25, -0.2) is 9.78 Å². The van der Waals surface area contributed by atoms with Crippen LogP contribution < -0.4 is 11.0 Å². The van der Waals surface area contributed by atoms with E-state index >= 15 is 0 Å². The van der Waals surface area contributed by atoms with E-state index in [1.807, 2.05) is 37.4 Å². The number of piperidine rings is 1. The van der Waals surface area contributed by atoms with E-state index in [-0.39, 0.29) is 29.7 Å². The van der Waals surface area contributed by atoms with Crippen LogP contribution in [0.15, 0.2) is 53.6 Å². The molecule has 3 aromatic rings. The maximum Gasteiger partial charge on any atom is 0.344 e. The zero-order valence-electron chi connectivity index (χ0n) is 22.0. The summed E-state index contributed by atoms with van der Waals surface area (Å²) in [5, 5.41) is 37.7. The van der Waals surface area contributed by atoms with Gasteiger partial charge in [-0.1, -0.05) is 36.4 Å². The van der Waals surface area contributed by atoms with Gasteiger partial charge in [0.15, 0.2) is 0 Å². The number of likely N-dealkylation sites (tertiary alicyclic amines) is 1. The monoisotopic (exact) mass is 530 g/mol. The molecule has 9 nitrogen and oxygen atoms in total. The molecule has 1 aromatic heterocycles. The average Bonchev–Trinajstić information content (AvgIpc) is 2.92. The lowest BCUT2D eigenvalue weighted by molar-refractivity contribution is -0.169. The number of hydrogen-bond donors (Lipinski definition) is 5. The third-order valence-corrected chi connectivity index (χ3v) is 9.28. The second-order valence-corrected chi connectivity index (χ2v) is 11.3. The lowest BCUT2D eigenvalue weighted by Crippen LogP contribution is -2.72. The highest BCUT2D eigenvalue weighted by molar-refractivity contribution is 5.83. The standard InChI is InChI=1S/C30H34N4O5/c1-34-13-11-29-15-22(35)8-10-30(29,39)24(34)14-20-6-7-23(26(36)25(20)29)27(37)31-12-9-18-2-4-19(5-3-18)21-16-32-28(38)33-17-21/h2-7,16-17,24,27,31,36-37,39H,8-15H2,1H3,(H,32,33,38)/t24-,27?,29-,30-/m1/s1. The van der Waals surface area contributed by atoms with E-state index in [1.165, 1.54) is 6.20 Å². The van der Waals surface area contributed by atoms with Crippen LogP contribution in [-0.2, 0) is 23.1 Å². The molecule has 2 bridgehead atoms. The Labute approximate surface area is 226 Å². The number of benzene rings is 2. The molecule has 1 aliphatic heterocycles. The van der Waals surface area contributed by atoms with E-state index in [0.29, 0.717) is 49.8 Å². The summed E-state index contributed by atoms with van der Waals surface area (Å²) in [6.07, 6.45) is 4.85.